The Morgan fingerprint density at radius 2 is 1.96 bits per heavy atom. The maximum Gasteiger partial charge on any atom is 0.416 e. The number of benzene rings is 1. The van der Waals surface area contributed by atoms with Crippen LogP contribution in [0.4, 0.5) is 22.0 Å². The molecule has 0 saturated heterocycles. The van der Waals surface area contributed by atoms with Gasteiger partial charge in [-0.25, -0.2) is 8.78 Å². The lowest BCUT2D eigenvalue weighted by molar-refractivity contribution is -0.158. The lowest BCUT2D eigenvalue weighted by Gasteiger charge is -2.21. The summed E-state index contributed by atoms with van der Waals surface area (Å²) >= 11 is 0. The van der Waals surface area contributed by atoms with E-state index >= 15 is 0 Å². The number of nitrogens with two attached hydrogens (primary N) is 1. The summed E-state index contributed by atoms with van der Waals surface area (Å²) < 4.78 is 70.7. The minimum atomic E-state index is -4.74. The molecule has 0 spiro atoms. The molecule has 2 unspecified atom stereocenters. The fourth-order valence-corrected chi connectivity index (χ4v) is 2.36. The van der Waals surface area contributed by atoms with Crippen molar-refractivity contribution >= 4 is 5.97 Å². The highest BCUT2D eigenvalue weighted by Crippen LogP contribution is 2.37. The Labute approximate surface area is 137 Å². The zero-order valence-electron chi connectivity index (χ0n) is 13.2. The molecule has 0 aromatic heterocycles. The summed E-state index contributed by atoms with van der Waals surface area (Å²) in [6, 6.07) is 2.63. The molecule has 0 radical (unpaired) electrons. The van der Waals surface area contributed by atoms with E-state index in [1.165, 1.54) is 0 Å². The number of esters is 1. The van der Waals surface area contributed by atoms with Crippen LogP contribution in [0.25, 0.3) is 0 Å². The van der Waals surface area contributed by atoms with Crippen molar-refractivity contribution in [2.75, 3.05) is 6.54 Å². The normalized spacial score (nSPS) is 14.3. The van der Waals surface area contributed by atoms with E-state index in [1.807, 2.05) is 0 Å². The van der Waals surface area contributed by atoms with E-state index in [1.54, 1.807) is 6.92 Å². The van der Waals surface area contributed by atoms with E-state index < -0.39 is 41.4 Å². The Morgan fingerprint density at radius 3 is 2.50 bits per heavy atom. The second kappa shape index (κ2) is 8.96. The Bertz CT molecular complexity index is 548. The van der Waals surface area contributed by atoms with Gasteiger partial charge < -0.3 is 10.5 Å². The lowest BCUT2D eigenvalue weighted by Crippen LogP contribution is -2.21. The van der Waals surface area contributed by atoms with Crippen LogP contribution in [-0.2, 0) is 15.7 Å². The lowest BCUT2D eigenvalue weighted by atomic mass is 9.89. The summed E-state index contributed by atoms with van der Waals surface area (Å²) in [5.41, 5.74) is 3.76. The number of halogens is 5. The minimum absolute atomic E-state index is 0.0393. The first-order valence-corrected chi connectivity index (χ1v) is 7.59. The fraction of sp³-hybridized carbons (Fsp3) is 0.562. The van der Waals surface area contributed by atoms with E-state index in [9.17, 15) is 26.7 Å². The van der Waals surface area contributed by atoms with Crippen molar-refractivity contribution in [3.63, 3.8) is 0 Å². The van der Waals surface area contributed by atoms with Crippen molar-refractivity contribution in [2.24, 2.45) is 5.73 Å². The molecule has 0 aliphatic rings. The molecule has 24 heavy (non-hydrogen) atoms. The standard InChI is InChI=1S/C16H20F5NO2/c1-2-4-13(18)24-14(23)8-7-10(9-22)15-11(16(19,20)21)5-3-6-12(15)17/h3,5-6,10,13H,2,4,7-9,22H2,1H3. The van der Waals surface area contributed by atoms with Crippen LogP contribution in [0.3, 0.4) is 0 Å². The molecule has 0 amide bonds. The van der Waals surface area contributed by atoms with Crippen LogP contribution in [0.2, 0.25) is 0 Å². The van der Waals surface area contributed by atoms with Crippen LogP contribution in [0.5, 0.6) is 0 Å². The highest BCUT2D eigenvalue weighted by molar-refractivity contribution is 5.69. The number of hydrogen-bond donors (Lipinski definition) is 1. The van der Waals surface area contributed by atoms with Crippen LogP contribution in [0.15, 0.2) is 18.2 Å². The molecule has 2 atom stereocenters. The van der Waals surface area contributed by atoms with Gasteiger partial charge in [-0.2, -0.15) is 13.2 Å². The molecule has 136 valence electrons. The third-order valence-corrected chi connectivity index (χ3v) is 3.52. The molecule has 0 aliphatic heterocycles. The number of alkyl halides is 4. The molecule has 0 aliphatic carbocycles. The predicted molar refractivity (Wildman–Crippen MR) is 78.3 cm³/mol. The average Bonchev–Trinajstić information content (AvgIpc) is 2.48. The molecule has 0 fully saturated rings. The SMILES string of the molecule is CCCC(F)OC(=O)CCC(CN)c1c(F)cccc1C(F)(F)F. The maximum absolute atomic E-state index is 13.9. The van der Waals surface area contributed by atoms with Crippen LogP contribution in [-0.4, -0.2) is 18.9 Å². The highest BCUT2D eigenvalue weighted by Gasteiger charge is 2.36. The second-order valence-electron chi connectivity index (χ2n) is 5.36. The van der Waals surface area contributed by atoms with E-state index in [0.717, 1.165) is 18.2 Å². The molecule has 1 aromatic rings. The summed E-state index contributed by atoms with van der Waals surface area (Å²) in [5.74, 6) is -2.96. The van der Waals surface area contributed by atoms with Gasteiger partial charge in [0.25, 0.3) is 0 Å². The van der Waals surface area contributed by atoms with Crippen LogP contribution >= 0.6 is 0 Å². The summed E-state index contributed by atoms with van der Waals surface area (Å²) in [7, 11) is 0. The molecular weight excluding hydrogens is 333 g/mol. The molecular formula is C16H20F5NO2. The van der Waals surface area contributed by atoms with Crippen molar-refractivity contribution in [1.82, 2.24) is 0 Å². The molecule has 8 heteroatoms. The van der Waals surface area contributed by atoms with Crippen molar-refractivity contribution in [1.29, 1.82) is 0 Å². The van der Waals surface area contributed by atoms with Gasteiger partial charge in [-0.15, -0.1) is 0 Å². The van der Waals surface area contributed by atoms with E-state index in [4.69, 9.17) is 5.73 Å². The summed E-state index contributed by atoms with van der Waals surface area (Å²) in [6.07, 6.45) is -6.49. The Balaban J connectivity index is 2.86. The minimum Gasteiger partial charge on any atom is -0.431 e. The van der Waals surface area contributed by atoms with Crippen molar-refractivity contribution in [3.05, 3.63) is 35.1 Å². The molecule has 3 nitrogen and oxygen atoms in total. The molecule has 0 bridgehead atoms. The van der Waals surface area contributed by atoms with Crippen LogP contribution < -0.4 is 5.73 Å². The van der Waals surface area contributed by atoms with Gasteiger partial charge in [0.1, 0.15) is 5.82 Å². The third-order valence-electron chi connectivity index (χ3n) is 3.52. The largest absolute Gasteiger partial charge is 0.431 e. The van der Waals surface area contributed by atoms with Gasteiger partial charge in [0.15, 0.2) is 0 Å². The molecule has 0 heterocycles. The topological polar surface area (TPSA) is 52.3 Å². The zero-order chi connectivity index (χ0) is 18.3. The molecule has 0 saturated carbocycles. The number of ether oxygens (including phenoxy) is 1. The predicted octanol–water partition coefficient (Wildman–Crippen LogP) is 4.31. The van der Waals surface area contributed by atoms with E-state index in [-0.39, 0.29) is 25.8 Å². The monoisotopic (exact) mass is 353 g/mol. The van der Waals surface area contributed by atoms with Crippen molar-refractivity contribution < 1.29 is 31.5 Å². The van der Waals surface area contributed by atoms with Gasteiger partial charge in [0.05, 0.1) is 5.56 Å². The third kappa shape index (κ3) is 5.74. The summed E-state index contributed by atoms with van der Waals surface area (Å²) in [5, 5.41) is 0. The quantitative estimate of drug-likeness (QED) is 0.560. The van der Waals surface area contributed by atoms with Gasteiger partial charge in [-0.3, -0.25) is 4.79 Å². The first-order chi connectivity index (χ1) is 11.2. The zero-order valence-corrected chi connectivity index (χ0v) is 13.2. The second-order valence-corrected chi connectivity index (χ2v) is 5.36. The Hall–Kier alpha value is -1.70. The van der Waals surface area contributed by atoms with Crippen LogP contribution in [0.1, 0.15) is 49.7 Å². The summed E-state index contributed by atoms with van der Waals surface area (Å²) in [6.45, 7) is 1.42. The van der Waals surface area contributed by atoms with Crippen LogP contribution in [0, 0.1) is 5.82 Å². The van der Waals surface area contributed by atoms with Gasteiger partial charge >= 0.3 is 12.1 Å². The molecule has 1 rings (SSSR count). The average molecular weight is 353 g/mol. The van der Waals surface area contributed by atoms with Gasteiger partial charge in [-0.05, 0) is 31.5 Å². The number of rotatable bonds is 8. The Kier molecular flexibility index (Phi) is 7.59. The van der Waals surface area contributed by atoms with Crippen molar-refractivity contribution in [2.45, 2.75) is 51.1 Å². The van der Waals surface area contributed by atoms with E-state index in [0.29, 0.717) is 6.42 Å². The number of carbonyl (C=O) groups is 1. The number of carbonyl (C=O) groups excluding carboxylic acids is 1. The number of hydrogen-bond acceptors (Lipinski definition) is 3. The fourth-order valence-electron chi connectivity index (χ4n) is 2.36. The smallest absolute Gasteiger partial charge is 0.416 e. The van der Waals surface area contributed by atoms with Gasteiger partial charge in [0.2, 0.25) is 6.36 Å². The van der Waals surface area contributed by atoms with Gasteiger partial charge in [0, 0.05) is 24.3 Å². The Morgan fingerprint density at radius 1 is 1.29 bits per heavy atom. The summed E-state index contributed by atoms with van der Waals surface area (Å²) in [4.78, 5) is 11.5. The molecule has 2 N–H and O–H groups in total. The maximum atomic E-state index is 13.9. The highest BCUT2D eigenvalue weighted by atomic mass is 19.4. The first kappa shape index (κ1) is 20.3. The first-order valence-electron chi connectivity index (χ1n) is 7.59. The van der Waals surface area contributed by atoms with Crippen molar-refractivity contribution in [3.8, 4) is 0 Å². The molecule has 1 aromatic carbocycles. The van der Waals surface area contributed by atoms with E-state index in [2.05, 4.69) is 4.74 Å². The van der Waals surface area contributed by atoms with Gasteiger partial charge in [-0.1, -0.05) is 13.0 Å².